The van der Waals surface area contributed by atoms with Crippen LogP contribution in [0.4, 0.5) is 0 Å². The zero-order valence-corrected chi connectivity index (χ0v) is 10.4. The first kappa shape index (κ1) is 12.4. The predicted octanol–water partition coefficient (Wildman–Crippen LogP) is -0.0256. The van der Waals surface area contributed by atoms with Crippen LogP contribution in [0, 0.1) is 0 Å². The number of carbonyl (C=O) groups is 1. The number of carboxylic acid groups (broad SMARTS) is 1. The Kier molecular flexibility index (Phi) is 3.51. The van der Waals surface area contributed by atoms with Gasteiger partial charge in [0.2, 0.25) is 5.16 Å². The molecule has 0 bridgehead atoms. The second kappa shape index (κ2) is 5.08. The molecule has 0 fully saturated rings. The molecule has 1 atom stereocenters. The van der Waals surface area contributed by atoms with Gasteiger partial charge >= 0.3 is 5.97 Å². The summed E-state index contributed by atoms with van der Waals surface area (Å²) in [5.41, 5.74) is 0. The largest absolute Gasteiger partial charge is 0.481 e. The molecule has 18 heavy (non-hydrogen) atoms. The molecular weight excluding hydrogens is 256 g/mol. The maximum atomic E-state index is 10.5. The summed E-state index contributed by atoms with van der Waals surface area (Å²) >= 11 is 1.03. The van der Waals surface area contributed by atoms with Crippen LogP contribution < -0.4 is 5.84 Å². The Hall–Kier alpha value is -2.03. The fraction of sp³-hybridized carbons (Fsp3) is 0.333. The van der Waals surface area contributed by atoms with Crippen LogP contribution in [-0.4, -0.2) is 41.5 Å². The summed E-state index contributed by atoms with van der Waals surface area (Å²) in [6, 6.07) is 1.63. The summed E-state index contributed by atoms with van der Waals surface area (Å²) < 4.78 is 2.99. The molecule has 0 aliphatic rings. The molecule has 0 radical (unpaired) electrons. The number of hydrogen-bond donors (Lipinski definition) is 2. The Labute approximate surface area is 107 Å². The molecule has 0 spiro atoms. The van der Waals surface area contributed by atoms with Crippen molar-refractivity contribution in [3.8, 4) is 0 Å². The first-order chi connectivity index (χ1) is 8.59. The summed E-state index contributed by atoms with van der Waals surface area (Å²) in [4.78, 5) is 10.5. The Balaban J connectivity index is 2.17. The number of aliphatic carboxylic acids is 1. The van der Waals surface area contributed by atoms with E-state index in [0.717, 1.165) is 11.8 Å². The third-order valence-corrected chi connectivity index (χ3v) is 3.24. The van der Waals surface area contributed by atoms with Crippen molar-refractivity contribution < 1.29 is 9.90 Å². The average Bonchev–Trinajstić information content (AvgIpc) is 2.95. The first-order valence-corrected chi connectivity index (χ1v) is 6.12. The van der Waals surface area contributed by atoms with Gasteiger partial charge in [0.25, 0.3) is 0 Å². The number of rotatable bonds is 5. The fourth-order valence-electron chi connectivity index (χ4n) is 1.43. The highest BCUT2D eigenvalue weighted by Gasteiger charge is 2.18. The lowest BCUT2D eigenvalue weighted by molar-refractivity contribution is -0.133. The minimum atomic E-state index is -0.926. The molecule has 0 aromatic carbocycles. The van der Waals surface area contributed by atoms with Crippen molar-refractivity contribution in [3.05, 3.63) is 24.3 Å². The molecule has 2 heterocycles. The van der Waals surface area contributed by atoms with Gasteiger partial charge in [-0.2, -0.15) is 5.10 Å². The van der Waals surface area contributed by atoms with Crippen molar-refractivity contribution in [2.24, 2.45) is 0 Å². The third-order valence-electron chi connectivity index (χ3n) is 2.31. The van der Waals surface area contributed by atoms with Crippen LogP contribution in [0.5, 0.6) is 0 Å². The molecule has 0 aliphatic carbocycles. The van der Waals surface area contributed by atoms with E-state index in [1.54, 1.807) is 23.1 Å². The van der Waals surface area contributed by atoms with Crippen LogP contribution in [0.3, 0.4) is 0 Å². The van der Waals surface area contributed by atoms with E-state index in [1.807, 2.05) is 6.92 Å². The zero-order chi connectivity index (χ0) is 13.1. The van der Waals surface area contributed by atoms with E-state index in [0.29, 0.717) is 11.0 Å². The molecule has 3 N–H and O–H groups in total. The van der Waals surface area contributed by atoms with Crippen molar-refractivity contribution in [2.75, 3.05) is 11.6 Å². The van der Waals surface area contributed by atoms with Crippen LogP contribution in [0.25, 0.3) is 0 Å². The van der Waals surface area contributed by atoms with E-state index in [-0.39, 0.29) is 11.8 Å². The van der Waals surface area contributed by atoms with E-state index in [4.69, 9.17) is 10.9 Å². The van der Waals surface area contributed by atoms with Crippen molar-refractivity contribution >= 4 is 17.7 Å². The van der Waals surface area contributed by atoms with Crippen LogP contribution in [0.2, 0.25) is 0 Å². The van der Waals surface area contributed by atoms with Crippen LogP contribution in [0.1, 0.15) is 18.8 Å². The number of thioether (sulfide) groups is 1. The number of carboxylic acids is 1. The first-order valence-electron chi connectivity index (χ1n) is 5.13. The Morgan fingerprint density at radius 2 is 2.39 bits per heavy atom. The van der Waals surface area contributed by atoms with Gasteiger partial charge in [0.05, 0.1) is 5.75 Å². The van der Waals surface area contributed by atoms with Gasteiger partial charge in [0.15, 0.2) is 5.82 Å². The summed E-state index contributed by atoms with van der Waals surface area (Å²) in [7, 11) is 0. The SMILES string of the molecule is CC(c1nnc(SCC(=O)O)n1N)n1cccn1. The lowest BCUT2D eigenvalue weighted by Gasteiger charge is -2.11. The van der Waals surface area contributed by atoms with E-state index >= 15 is 0 Å². The van der Waals surface area contributed by atoms with E-state index in [2.05, 4.69) is 15.3 Å². The molecule has 0 saturated heterocycles. The maximum Gasteiger partial charge on any atom is 0.313 e. The topological polar surface area (TPSA) is 112 Å². The Bertz CT molecular complexity index is 537. The predicted molar refractivity (Wildman–Crippen MR) is 64.6 cm³/mol. The molecule has 96 valence electrons. The summed E-state index contributed by atoms with van der Waals surface area (Å²) in [5.74, 6) is 5.32. The molecule has 2 rings (SSSR count). The molecule has 0 amide bonds. The number of hydrogen-bond acceptors (Lipinski definition) is 6. The second-order valence-electron chi connectivity index (χ2n) is 3.56. The van der Waals surface area contributed by atoms with Gasteiger partial charge in [-0.1, -0.05) is 11.8 Å². The van der Waals surface area contributed by atoms with Gasteiger partial charge in [-0.3, -0.25) is 9.48 Å². The third kappa shape index (κ3) is 2.45. The maximum absolute atomic E-state index is 10.5. The average molecular weight is 268 g/mol. The van der Waals surface area contributed by atoms with Gasteiger partial charge < -0.3 is 10.9 Å². The Morgan fingerprint density at radius 3 is 3.00 bits per heavy atom. The molecule has 8 nitrogen and oxygen atoms in total. The van der Waals surface area contributed by atoms with Gasteiger partial charge in [-0.25, -0.2) is 4.68 Å². The van der Waals surface area contributed by atoms with Gasteiger partial charge in [0, 0.05) is 12.4 Å². The minimum absolute atomic E-state index is 0.106. The molecule has 0 saturated carbocycles. The molecule has 2 aromatic heterocycles. The second-order valence-corrected chi connectivity index (χ2v) is 4.50. The van der Waals surface area contributed by atoms with Gasteiger partial charge in [-0.05, 0) is 13.0 Å². The Morgan fingerprint density at radius 1 is 1.61 bits per heavy atom. The molecular formula is C9H12N6O2S. The highest BCUT2D eigenvalue weighted by molar-refractivity contribution is 7.99. The smallest absolute Gasteiger partial charge is 0.313 e. The lowest BCUT2D eigenvalue weighted by atomic mass is 10.3. The summed E-state index contributed by atoms with van der Waals surface area (Å²) in [5, 5.41) is 20.9. The van der Waals surface area contributed by atoms with Crippen LogP contribution in [0.15, 0.2) is 23.6 Å². The standard InChI is InChI=1S/C9H12N6O2S/c1-6(14-4-2-3-11-14)8-12-13-9(15(8)10)18-5-7(16)17/h2-4,6H,5,10H2,1H3,(H,16,17). The quantitative estimate of drug-likeness (QED) is 0.578. The lowest BCUT2D eigenvalue weighted by Crippen LogP contribution is -2.20. The van der Waals surface area contributed by atoms with E-state index in [9.17, 15) is 4.79 Å². The molecule has 9 heteroatoms. The highest BCUT2D eigenvalue weighted by Crippen LogP contribution is 2.19. The minimum Gasteiger partial charge on any atom is -0.481 e. The van der Waals surface area contributed by atoms with Crippen molar-refractivity contribution in [1.29, 1.82) is 0 Å². The van der Waals surface area contributed by atoms with Crippen LogP contribution in [-0.2, 0) is 4.79 Å². The number of nitrogen functional groups attached to an aromatic ring is 1. The molecule has 1 unspecified atom stereocenters. The fourth-order valence-corrected chi connectivity index (χ4v) is 2.01. The van der Waals surface area contributed by atoms with Crippen molar-refractivity contribution in [1.82, 2.24) is 24.7 Å². The van der Waals surface area contributed by atoms with E-state index < -0.39 is 5.97 Å². The van der Waals surface area contributed by atoms with Gasteiger partial charge in [0.1, 0.15) is 6.04 Å². The summed E-state index contributed by atoms with van der Waals surface area (Å²) in [6.07, 6.45) is 3.46. The molecule has 0 aliphatic heterocycles. The molecule has 2 aromatic rings. The van der Waals surface area contributed by atoms with Crippen molar-refractivity contribution in [2.45, 2.75) is 18.1 Å². The zero-order valence-electron chi connectivity index (χ0n) is 9.59. The number of nitrogens with two attached hydrogens (primary N) is 1. The number of aromatic nitrogens is 5. The van der Waals surface area contributed by atoms with Crippen LogP contribution >= 0.6 is 11.8 Å². The normalized spacial score (nSPS) is 12.5. The monoisotopic (exact) mass is 268 g/mol. The van der Waals surface area contributed by atoms with Gasteiger partial charge in [-0.15, -0.1) is 10.2 Å². The summed E-state index contributed by atoms with van der Waals surface area (Å²) in [6.45, 7) is 1.88. The highest BCUT2D eigenvalue weighted by atomic mass is 32.2. The number of nitrogens with zero attached hydrogens (tertiary/aromatic N) is 5. The van der Waals surface area contributed by atoms with E-state index in [1.165, 1.54) is 4.68 Å². The van der Waals surface area contributed by atoms with Crippen molar-refractivity contribution in [3.63, 3.8) is 0 Å².